The first kappa shape index (κ1) is 16.6. The number of fused-ring (bicyclic) bond motifs is 1. The van der Waals surface area contributed by atoms with Crippen molar-refractivity contribution in [3.63, 3.8) is 0 Å². The second-order valence-electron chi connectivity index (χ2n) is 5.59. The second-order valence-corrected chi connectivity index (χ2v) is 5.59. The van der Waals surface area contributed by atoms with Crippen molar-refractivity contribution in [2.24, 2.45) is 5.10 Å². The molecule has 6 heteroatoms. The summed E-state index contributed by atoms with van der Waals surface area (Å²) in [5.41, 5.74) is 5.07. The highest BCUT2D eigenvalue weighted by Gasteiger charge is 2.15. The molecule has 0 bridgehead atoms. The lowest BCUT2D eigenvalue weighted by molar-refractivity contribution is 0.416. The summed E-state index contributed by atoms with van der Waals surface area (Å²) in [5, 5.41) is 15.3. The van der Waals surface area contributed by atoms with Gasteiger partial charge in [-0.2, -0.15) is 5.10 Å². The number of nitrogens with one attached hydrogen (secondary N) is 1. The minimum absolute atomic E-state index is 0.00988. The molecular weight excluding hydrogens is 320 g/mol. The Hall–Kier alpha value is -3.28. The maximum Gasteiger partial charge on any atom is 0.336 e. The van der Waals surface area contributed by atoms with Crippen LogP contribution >= 0.6 is 0 Å². The van der Waals surface area contributed by atoms with Crippen LogP contribution in [0.1, 0.15) is 18.1 Å². The number of ether oxygens (including phenoxy) is 1. The van der Waals surface area contributed by atoms with Crippen LogP contribution in [0.2, 0.25) is 0 Å². The van der Waals surface area contributed by atoms with E-state index in [1.54, 1.807) is 26.2 Å². The normalized spacial score (nSPS) is 11.6. The molecule has 0 saturated carbocycles. The van der Waals surface area contributed by atoms with E-state index in [1.165, 1.54) is 6.07 Å². The fraction of sp³-hybridized carbons (Fsp3) is 0.158. The molecule has 0 aliphatic rings. The van der Waals surface area contributed by atoms with Crippen molar-refractivity contribution < 1.29 is 14.3 Å². The van der Waals surface area contributed by atoms with E-state index in [9.17, 15) is 9.90 Å². The van der Waals surface area contributed by atoms with E-state index in [1.807, 2.05) is 31.2 Å². The lowest BCUT2D eigenvalue weighted by Crippen LogP contribution is -2.05. The van der Waals surface area contributed by atoms with Crippen LogP contribution in [0.25, 0.3) is 11.0 Å². The Morgan fingerprint density at radius 2 is 2.00 bits per heavy atom. The zero-order valence-corrected chi connectivity index (χ0v) is 14.2. The summed E-state index contributed by atoms with van der Waals surface area (Å²) in [4.78, 5) is 11.7. The number of para-hydroxylation sites is 2. The van der Waals surface area contributed by atoms with Crippen molar-refractivity contribution in [2.75, 3.05) is 12.5 Å². The number of nitrogens with zero attached hydrogens (tertiary/aromatic N) is 1. The number of aromatic hydroxyl groups is 1. The monoisotopic (exact) mass is 338 g/mol. The van der Waals surface area contributed by atoms with Gasteiger partial charge in [-0.15, -0.1) is 0 Å². The summed E-state index contributed by atoms with van der Waals surface area (Å²) < 4.78 is 10.6. The van der Waals surface area contributed by atoms with Gasteiger partial charge in [-0.25, -0.2) is 4.79 Å². The van der Waals surface area contributed by atoms with Gasteiger partial charge in [0.1, 0.15) is 11.5 Å². The fourth-order valence-corrected chi connectivity index (χ4v) is 2.66. The molecule has 3 aromatic rings. The molecule has 2 aromatic carbocycles. The van der Waals surface area contributed by atoms with Gasteiger partial charge in [-0.3, -0.25) is 5.43 Å². The minimum Gasteiger partial charge on any atom is -0.507 e. The molecule has 0 aliphatic carbocycles. The van der Waals surface area contributed by atoms with Crippen LogP contribution in [0.4, 0.5) is 5.69 Å². The Kier molecular flexibility index (Phi) is 4.43. The number of anilines is 1. The number of hydrogen-bond acceptors (Lipinski definition) is 6. The molecule has 128 valence electrons. The number of methoxy groups -OCH3 is 1. The van der Waals surface area contributed by atoms with Crippen LogP contribution in [0, 0.1) is 6.92 Å². The van der Waals surface area contributed by atoms with Crippen LogP contribution in [0.3, 0.4) is 0 Å². The Morgan fingerprint density at radius 1 is 1.24 bits per heavy atom. The topological polar surface area (TPSA) is 84.1 Å². The molecule has 1 aromatic heterocycles. The number of hydrogen-bond donors (Lipinski definition) is 2. The Labute approximate surface area is 144 Å². The lowest BCUT2D eigenvalue weighted by atomic mass is 10.0. The number of benzene rings is 2. The highest BCUT2D eigenvalue weighted by atomic mass is 16.5. The molecule has 6 nitrogen and oxygen atoms in total. The highest BCUT2D eigenvalue weighted by molar-refractivity contribution is 6.10. The third-order valence-electron chi connectivity index (χ3n) is 3.91. The van der Waals surface area contributed by atoms with Gasteiger partial charge < -0.3 is 14.3 Å². The van der Waals surface area contributed by atoms with E-state index < -0.39 is 5.63 Å². The predicted molar refractivity (Wildman–Crippen MR) is 97.7 cm³/mol. The van der Waals surface area contributed by atoms with Crippen LogP contribution in [-0.2, 0) is 0 Å². The molecule has 2 N–H and O–H groups in total. The van der Waals surface area contributed by atoms with Crippen LogP contribution in [0.15, 0.2) is 56.8 Å². The van der Waals surface area contributed by atoms with E-state index in [0.717, 1.165) is 10.9 Å². The van der Waals surface area contributed by atoms with Crippen LogP contribution in [0.5, 0.6) is 11.5 Å². The van der Waals surface area contributed by atoms with Gasteiger partial charge in [0.2, 0.25) is 0 Å². The molecular formula is C19H18N2O4. The van der Waals surface area contributed by atoms with Crippen molar-refractivity contribution >= 4 is 22.4 Å². The van der Waals surface area contributed by atoms with Gasteiger partial charge in [-0.1, -0.05) is 12.1 Å². The van der Waals surface area contributed by atoms with E-state index in [2.05, 4.69) is 10.5 Å². The fourth-order valence-electron chi connectivity index (χ4n) is 2.66. The van der Waals surface area contributed by atoms with Gasteiger partial charge in [-0.05, 0) is 43.7 Å². The second kappa shape index (κ2) is 6.68. The third-order valence-corrected chi connectivity index (χ3v) is 3.91. The Bertz CT molecular complexity index is 1020. The number of hydrazone groups is 1. The summed E-state index contributed by atoms with van der Waals surface area (Å²) in [6.07, 6.45) is 0. The Morgan fingerprint density at radius 3 is 2.76 bits per heavy atom. The average Bonchev–Trinajstić information content (AvgIpc) is 2.59. The minimum atomic E-state index is -0.470. The predicted octanol–water partition coefficient (Wildman–Crippen LogP) is 3.65. The van der Waals surface area contributed by atoms with Crippen LogP contribution < -0.4 is 15.8 Å². The third kappa shape index (κ3) is 3.19. The lowest BCUT2D eigenvalue weighted by Gasteiger charge is -2.11. The van der Waals surface area contributed by atoms with Crippen molar-refractivity contribution in [1.29, 1.82) is 0 Å². The summed E-state index contributed by atoms with van der Waals surface area (Å²) in [6, 6.07) is 12.0. The van der Waals surface area contributed by atoms with Crippen molar-refractivity contribution in [1.82, 2.24) is 0 Å². The standard InChI is InChI=1S/C19H18N2O4/c1-11-10-17(23)25-19-13(11)8-9-15(22)18(19)12(2)20-21-14-6-4-5-7-16(14)24-3/h4-10,21-22H,1-3H3/b20-12-. The zero-order valence-electron chi connectivity index (χ0n) is 14.2. The number of rotatable bonds is 4. The van der Waals surface area contributed by atoms with Gasteiger partial charge in [0.25, 0.3) is 0 Å². The number of aryl methyl sites for hydroxylation is 1. The summed E-state index contributed by atoms with van der Waals surface area (Å²) >= 11 is 0. The molecule has 1 heterocycles. The maximum atomic E-state index is 11.7. The summed E-state index contributed by atoms with van der Waals surface area (Å²) in [7, 11) is 1.57. The smallest absolute Gasteiger partial charge is 0.336 e. The number of phenolic OH excluding ortho intramolecular Hbond substituents is 1. The van der Waals surface area contributed by atoms with Gasteiger partial charge in [0.15, 0.2) is 5.58 Å². The largest absolute Gasteiger partial charge is 0.507 e. The highest BCUT2D eigenvalue weighted by Crippen LogP contribution is 2.29. The average molecular weight is 338 g/mol. The molecule has 0 aliphatic heterocycles. The van der Waals surface area contributed by atoms with E-state index >= 15 is 0 Å². The zero-order chi connectivity index (χ0) is 18.0. The molecule has 3 rings (SSSR count). The quantitative estimate of drug-likeness (QED) is 0.431. The molecule has 0 radical (unpaired) electrons. The van der Waals surface area contributed by atoms with Crippen molar-refractivity contribution in [3.8, 4) is 11.5 Å². The molecule has 0 spiro atoms. The van der Waals surface area contributed by atoms with Gasteiger partial charge in [0, 0.05) is 11.5 Å². The van der Waals surface area contributed by atoms with E-state index in [4.69, 9.17) is 9.15 Å². The molecule has 25 heavy (non-hydrogen) atoms. The first-order valence-corrected chi connectivity index (χ1v) is 7.71. The summed E-state index contributed by atoms with van der Waals surface area (Å²) in [6.45, 7) is 3.54. The molecule has 0 saturated heterocycles. The summed E-state index contributed by atoms with van der Waals surface area (Å²) in [5.74, 6) is 0.632. The molecule has 0 atom stereocenters. The molecule has 0 unspecified atom stereocenters. The van der Waals surface area contributed by atoms with E-state index in [-0.39, 0.29) is 5.75 Å². The first-order valence-electron chi connectivity index (χ1n) is 7.71. The molecule has 0 fully saturated rings. The Balaban J connectivity index is 2.09. The van der Waals surface area contributed by atoms with Gasteiger partial charge >= 0.3 is 5.63 Å². The van der Waals surface area contributed by atoms with E-state index in [0.29, 0.717) is 28.3 Å². The van der Waals surface area contributed by atoms with Gasteiger partial charge in [0.05, 0.1) is 24.1 Å². The SMILES string of the molecule is COc1ccccc1N/N=C(/C)c1c(O)ccc2c(C)cc(=O)oc12. The maximum absolute atomic E-state index is 11.7. The number of phenols is 1. The van der Waals surface area contributed by atoms with Crippen molar-refractivity contribution in [2.45, 2.75) is 13.8 Å². The first-order chi connectivity index (χ1) is 12.0. The molecule has 0 amide bonds. The van der Waals surface area contributed by atoms with Crippen LogP contribution in [-0.4, -0.2) is 17.9 Å². The van der Waals surface area contributed by atoms with Crippen molar-refractivity contribution in [3.05, 3.63) is 64.0 Å².